The van der Waals surface area contributed by atoms with Crippen LogP contribution in [0.5, 0.6) is 0 Å². The van der Waals surface area contributed by atoms with Gasteiger partial charge in [0.15, 0.2) is 0 Å². The molecule has 7 heteroatoms. The van der Waals surface area contributed by atoms with E-state index in [1.807, 2.05) is 50.3 Å². The van der Waals surface area contributed by atoms with Crippen LogP contribution in [-0.2, 0) is 4.79 Å². The molecule has 1 saturated carbocycles. The average molecular weight is 466 g/mol. The predicted octanol–water partition coefficient (Wildman–Crippen LogP) is 5.47. The first kappa shape index (κ1) is 23.3. The maximum absolute atomic E-state index is 11.5. The molecule has 1 aliphatic rings. The molecule has 1 aliphatic carbocycles. The molecule has 4 rings (SSSR count). The van der Waals surface area contributed by atoms with E-state index in [0.717, 1.165) is 60.1 Å². The lowest BCUT2D eigenvalue weighted by atomic mass is 9.86. The van der Waals surface area contributed by atoms with Crippen molar-refractivity contribution in [1.29, 1.82) is 0 Å². The fourth-order valence-electron chi connectivity index (χ4n) is 4.47. The zero-order valence-electron chi connectivity index (χ0n) is 19.8. The lowest BCUT2D eigenvalue weighted by molar-refractivity contribution is -0.128. The molecule has 1 fully saturated rings. The Morgan fingerprint density at radius 1 is 1.03 bits per heavy atom. The van der Waals surface area contributed by atoms with Crippen molar-refractivity contribution in [2.24, 2.45) is 5.92 Å². The Balaban J connectivity index is 1.58. The summed E-state index contributed by atoms with van der Waals surface area (Å²) < 4.78 is 0. The van der Waals surface area contributed by atoms with Gasteiger partial charge in [-0.15, -0.1) is 0 Å². The summed E-state index contributed by atoms with van der Waals surface area (Å²) in [5.41, 5.74) is 3.94. The van der Waals surface area contributed by atoms with E-state index in [1.165, 1.54) is 0 Å². The van der Waals surface area contributed by atoms with Crippen LogP contribution in [0.4, 0.5) is 11.6 Å². The molecule has 0 atom stereocenters. The van der Waals surface area contributed by atoms with Crippen molar-refractivity contribution in [1.82, 2.24) is 14.9 Å². The fraction of sp³-hybridized carbons (Fsp3) is 0.423. The second-order valence-electron chi connectivity index (χ2n) is 9.26. The molecule has 0 saturated heterocycles. The first-order chi connectivity index (χ1) is 15.8. The van der Waals surface area contributed by atoms with Crippen LogP contribution in [0.25, 0.3) is 22.2 Å². The van der Waals surface area contributed by atoms with E-state index in [2.05, 4.69) is 28.4 Å². The highest BCUT2D eigenvalue weighted by Gasteiger charge is 2.24. The van der Waals surface area contributed by atoms with Gasteiger partial charge in [0.25, 0.3) is 0 Å². The number of hydrogen-bond acceptors (Lipinski definition) is 5. The van der Waals surface area contributed by atoms with E-state index in [0.29, 0.717) is 22.9 Å². The van der Waals surface area contributed by atoms with Gasteiger partial charge in [0.05, 0.1) is 11.2 Å². The number of fused-ring (bicyclic) bond motifs is 1. The van der Waals surface area contributed by atoms with E-state index in [9.17, 15) is 4.79 Å². The standard InChI is InChI=1S/C26H32ClN5O/c1-17(33)32(4)16-18-5-11-21(12-6-18)28-26-29-24-14-13-22(31(2)3)15-23(24)25(30-26)19-7-9-20(27)10-8-19/h7-10,13-15,18,21H,5-6,11-12,16H2,1-4H3,(H,28,29,30). The molecule has 1 N–H and O–H groups in total. The molecule has 33 heavy (non-hydrogen) atoms. The van der Waals surface area contributed by atoms with E-state index < -0.39 is 0 Å². The van der Waals surface area contributed by atoms with Crippen molar-refractivity contribution in [3.63, 3.8) is 0 Å². The van der Waals surface area contributed by atoms with Crippen molar-refractivity contribution in [3.8, 4) is 11.3 Å². The molecule has 1 aromatic heterocycles. The summed E-state index contributed by atoms with van der Waals surface area (Å²) in [4.78, 5) is 25.2. The summed E-state index contributed by atoms with van der Waals surface area (Å²) in [5, 5.41) is 5.31. The highest BCUT2D eigenvalue weighted by Crippen LogP contribution is 2.32. The molecule has 1 heterocycles. The second kappa shape index (κ2) is 9.96. The quantitative estimate of drug-likeness (QED) is 0.523. The van der Waals surface area contributed by atoms with Crippen LogP contribution in [0, 0.1) is 5.92 Å². The maximum Gasteiger partial charge on any atom is 0.224 e. The first-order valence-electron chi connectivity index (χ1n) is 11.5. The first-order valence-corrected chi connectivity index (χ1v) is 11.9. The number of nitrogens with one attached hydrogen (secondary N) is 1. The van der Waals surface area contributed by atoms with Gasteiger partial charge >= 0.3 is 0 Å². The third-order valence-electron chi connectivity index (χ3n) is 6.56. The Hall–Kier alpha value is -2.86. The normalized spacial score (nSPS) is 18.2. The molecule has 3 aromatic rings. The van der Waals surface area contributed by atoms with Crippen molar-refractivity contribution in [2.45, 2.75) is 38.6 Å². The van der Waals surface area contributed by atoms with Crippen molar-refractivity contribution < 1.29 is 4.79 Å². The molecular formula is C26H32ClN5O. The van der Waals surface area contributed by atoms with Gasteiger partial charge in [-0.05, 0) is 61.9 Å². The van der Waals surface area contributed by atoms with Gasteiger partial charge in [-0.2, -0.15) is 0 Å². The summed E-state index contributed by atoms with van der Waals surface area (Å²) in [6, 6.07) is 14.4. The summed E-state index contributed by atoms with van der Waals surface area (Å²) in [6.45, 7) is 2.47. The SMILES string of the molecule is CC(=O)N(C)CC1CCC(Nc2nc(-c3ccc(Cl)cc3)c3cc(N(C)C)ccc3n2)CC1. The van der Waals surface area contributed by atoms with Crippen molar-refractivity contribution >= 4 is 40.0 Å². The Morgan fingerprint density at radius 2 is 1.73 bits per heavy atom. The number of rotatable bonds is 6. The Labute approximate surface area is 201 Å². The number of nitrogens with zero attached hydrogens (tertiary/aromatic N) is 4. The van der Waals surface area contributed by atoms with E-state index in [4.69, 9.17) is 21.6 Å². The van der Waals surface area contributed by atoms with Gasteiger partial charge in [0.2, 0.25) is 11.9 Å². The maximum atomic E-state index is 11.5. The topological polar surface area (TPSA) is 61.4 Å². The number of anilines is 2. The molecule has 1 amide bonds. The second-order valence-corrected chi connectivity index (χ2v) is 9.70. The zero-order valence-corrected chi connectivity index (χ0v) is 20.6. The van der Waals surface area contributed by atoms with Gasteiger partial charge in [-0.25, -0.2) is 9.97 Å². The van der Waals surface area contributed by atoms with Gasteiger partial charge in [-0.1, -0.05) is 23.7 Å². The van der Waals surface area contributed by atoms with Crippen LogP contribution in [-0.4, -0.2) is 54.5 Å². The average Bonchev–Trinajstić information content (AvgIpc) is 2.80. The monoisotopic (exact) mass is 465 g/mol. The zero-order chi connectivity index (χ0) is 23.5. The molecule has 6 nitrogen and oxygen atoms in total. The molecule has 174 valence electrons. The van der Waals surface area contributed by atoms with Crippen LogP contribution in [0.15, 0.2) is 42.5 Å². The molecule has 0 spiro atoms. The van der Waals surface area contributed by atoms with Crippen molar-refractivity contribution in [2.75, 3.05) is 37.9 Å². The number of amides is 1. The van der Waals surface area contributed by atoms with Crippen LogP contribution in [0.3, 0.4) is 0 Å². The minimum Gasteiger partial charge on any atom is -0.378 e. The van der Waals surface area contributed by atoms with Crippen molar-refractivity contribution in [3.05, 3.63) is 47.5 Å². The number of halogens is 1. The fourth-order valence-corrected chi connectivity index (χ4v) is 4.60. The van der Waals surface area contributed by atoms with E-state index in [1.54, 1.807) is 6.92 Å². The number of hydrogen-bond donors (Lipinski definition) is 1. The lowest BCUT2D eigenvalue weighted by Gasteiger charge is -2.31. The third kappa shape index (κ3) is 5.56. The Kier molecular flexibility index (Phi) is 7.03. The summed E-state index contributed by atoms with van der Waals surface area (Å²) >= 11 is 6.13. The number of carbonyl (C=O) groups is 1. The minimum atomic E-state index is 0.131. The highest BCUT2D eigenvalue weighted by molar-refractivity contribution is 6.30. The Morgan fingerprint density at radius 3 is 2.36 bits per heavy atom. The molecule has 2 aromatic carbocycles. The number of aromatic nitrogens is 2. The predicted molar refractivity (Wildman–Crippen MR) is 137 cm³/mol. The summed E-state index contributed by atoms with van der Waals surface area (Å²) in [7, 11) is 5.95. The van der Waals surface area contributed by atoms with Crippen LogP contribution < -0.4 is 10.2 Å². The summed E-state index contributed by atoms with van der Waals surface area (Å²) in [5.74, 6) is 1.35. The minimum absolute atomic E-state index is 0.131. The molecule has 0 radical (unpaired) electrons. The smallest absolute Gasteiger partial charge is 0.224 e. The molecular weight excluding hydrogens is 434 g/mol. The highest BCUT2D eigenvalue weighted by atomic mass is 35.5. The van der Waals surface area contributed by atoms with Gasteiger partial charge in [0.1, 0.15) is 0 Å². The molecule has 0 aliphatic heterocycles. The van der Waals surface area contributed by atoms with Gasteiger partial charge < -0.3 is 15.1 Å². The number of benzene rings is 2. The third-order valence-corrected chi connectivity index (χ3v) is 6.81. The molecule has 0 bridgehead atoms. The van der Waals surface area contributed by atoms with Gasteiger partial charge in [0, 0.05) is 62.3 Å². The Bertz CT molecular complexity index is 1120. The van der Waals surface area contributed by atoms with Gasteiger partial charge in [-0.3, -0.25) is 4.79 Å². The van der Waals surface area contributed by atoms with E-state index >= 15 is 0 Å². The number of carbonyl (C=O) groups excluding carboxylic acids is 1. The lowest BCUT2D eigenvalue weighted by Crippen LogP contribution is -2.34. The van der Waals surface area contributed by atoms with Crippen LogP contribution in [0.1, 0.15) is 32.6 Å². The summed E-state index contributed by atoms with van der Waals surface area (Å²) in [6.07, 6.45) is 4.29. The van der Waals surface area contributed by atoms with E-state index in [-0.39, 0.29) is 5.91 Å². The largest absolute Gasteiger partial charge is 0.378 e. The van der Waals surface area contributed by atoms with Crippen LogP contribution in [0.2, 0.25) is 5.02 Å². The molecule has 0 unspecified atom stereocenters. The van der Waals surface area contributed by atoms with Crippen LogP contribution >= 0.6 is 11.6 Å².